The fourth-order valence-electron chi connectivity index (χ4n) is 2.07. The molecule has 5 atom stereocenters. The lowest BCUT2D eigenvalue weighted by Gasteiger charge is -2.31. The van der Waals surface area contributed by atoms with Crippen molar-refractivity contribution in [3.05, 3.63) is 48.6 Å². The summed E-state index contributed by atoms with van der Waals surface area (Å²) in [6, 6.07) is 0. The molecule has 0 aliphatic heterocycles. The monoisotopic (exact) mass is 278 g/mol. The van der Waals surface area contributed by atoms with Crippen LogP contribution in [0.4, 0.5) is 0 Å². The Balaban J connectivity index is 2.54. The maximum atomic E-state index is 9.85. The molecular weight excluding hydrogens is 252 g/mol. The standard InChI is InChI=1S/C17H26O3/c1-4-13(2)9-7-5-6-8-10-14-11-12-15(18)16(19)17(14)20-3/h5-19H,4H2,1-3H3/b6-5+,9-7+,10-8+/t13?,14-,15-,16+,17+/m1/s1. The number of rotatable bonds is 6. The van der Waals surface area contributed by atoms with Crippen molar-refractivity contribution in [3.63, 3.8) is 0 Å². The van der Waals surface area contributed by atoms with E-state index in [1.165, 1.54) is 0 Å². The first-order valence-corrected chi connectivity index (χ1v) is 7.19. The van der Waals surface area contributed by atoms with E-state index in [1.54, 1.807) is 13.2 Å². The van der Waals surface area contributed by atoms with Crippen molar-refractivity contribution in [2.45, 2.75) is 38.6 Å². The Morgan fingerprint density at radius 1 is 1.15 bits per heavy atom. The zero-order valence-electron chi connectivity index (χ0n) is 12.5. The minimum absolute atomic E-state index is 0.0263. The van der Waals surface area contributed by atoms with Gasteiger partial charge in [-0.15, -0.1) is 0 Å². The van der Waals surface area contributed by atoms with Crippen LogP contribution in [0, 0.1) is 11.8 Å². The topological polar surface area (TPSA) is 49.7 Å². The summed E-state index contributed by atoms with van der Waals surface area (Å²) in [7, 11) is 1.55. The molecule has 112 valence electrons. The number of aliphatic hydroxyl groups excluding tert-OH is 2. The van der Waals surface area contributed by atoms with Crippen LogP contribution in [0.5, 0.6) is 0 Å². The van der Waals surface area contributed by atoms with E-state index in [-0.39, 0.29) is 5.92 Å². The molecule has 0 spiro atoms. The quantitative estimate of drug-likeness (QED) is 0.580. The Morgan fingerprint density at radius 2 is 1.85 bits per heavy atom. The van der Waals surface area contributed by atoms with E-state index in [2.05, 4.69) is 19.9 Å². The third kappa shape index (κ3) is 5.08. The average molecular weight is 278 g/mol. The van der Waals surface area contributed by atoms with Crippen molar-refractivity contribution in [2.24, 2.45) is 11.8 Å². The fraction of sp³-hybridized carbons (Fsp3) is 0.529. The van der Waals surface area contributed by atoms with Gasteiger partial charge in [0, 0.05) is 13.0 Å². The summed E-state index contributed by atoms with van der Waals surface area (Å²) in [5.74, 6) is 0.570. The molecule has 0 fully saturated rings. The number of hydrogen-bond acceptors (Lipinski definition) is 3. The lowest BCUT2D eigenvalue weighted by molar-refractivity contribution is -0.0767. The molecule has 0 aromatic carbocycles. The van der Waals surface area contributed by atoms with E-state index >= 15 is 0 Å². The van der Waals surface area contributed by atoms with E-state index in [4.69, 9.17) is 4.74 Å². The third-order valence-corrected chi connectivity index (χ3v) is 3.62. The molecule has 1 aliphatic rings. The van der Waals surface area contributed by atoms with Crippen LogP contribution < -0.4 is 0 Å². The maximum Gasteiger partial charge on any atom is 0.110 e. The summed E-state index contributed by atoms with van der Waals surface area (Å²) < 4.78 is 5.26. The van der Waals surface area contributed by atoms with Gasteiger partial charge in [-0.1, -0.05) is 68.9 Å². The number of ether oxygens (including phenoxy) is 1. The second-order valence-electron chi connectivity index (χ2n) is 5.18. The molecular formula is C17H26O3. The third-order valence-electron chi connectivity index (χ3n) is 3.62. The van der Waals surface area contributed by atoms with Gasteiger partial charge in [-0.2, -0.15) is 0 Å². The van der Waals surface area contributed by atoms with Crippen molar-refractivity contribution >= 4 is 0 Å². The normalized spacial score (nSPS) is 32.6. The average Bonchev–Trinajstić information content (AvgIpc) is 2.46. The number of hydrogen-bond donors (Lipinski definition) is 2. The molecule has 2 N–H and O–H groups in total. The van der Waals surface area contributed by atoms with E-state index in [9.17, 15) is 10.2 Å². The van der Waals surface area contributed by atoms with Crippen molar-refractivity contribution in [1.82, 2.24) is 0 Å². The summed E-state index contributed by atoms with van der Waals surface area (Å²) in [6.07, 6.45) is 14.5. The Bertz CT molecular complexity index is 382. The highest BCUT2D eigenvalue weighted by Crippen LogP contribution is 2.22. The Morgan fingerprint density at radius 3 is 2.50 bits per heavy atom. The molecule has 0 saturated heterocycles. The molecule has 0 aromatic rings. The van der Waals surface area contributed by atoms with Crippen molar-refractivity contribution in [2.75, 3.05) is 7.11 Å². The van der Waals surface area contributed by atoms with Gasteiger partial charge in [0.2, 0.25) is 0 Å². The second kappa shape index (κ2) is 8.90. The van der Waals surface area contributed by atoms with Crippen LogP contribution in [0.25, 0.3) is 0 Å². The van der Waals surface area contributed by atoms with Crippen molar-refractivity contribution in [1.29, 1.82) is 0 Å². The number of allylic oxidation sites excluding steroid dienone is 5. The van der Waals surface area contributed by atoms with Gasteiger partial charge in [0.25, 0.3) is 0 Å². The minimum Gasteiger partial charge on any atom is -0.387 e. The van der Waals surface area contributed by atoms with Crippen LogP contribution >= 0.6 is 0 Å². The lowest BCUT2D eigenvalue weighted by Crippen LogP contribution is -2.44. The van der Waals surface area contributed by atoms with Gasteiger partial charge in [-0.05, 0) is 5.92 Å². The first-order chi connectivity index (χ1) is 9.60. The number of methoxy groups -OCH3 is 1. The van der Waals surface area contributed by atoms with Crippen LogP contribution in [-0.2, 0) is 4.74 Å². The molecule has 0 bridgehead atoms. The fourth-order valence-corrected chi connectivity index (χ4v) is 2.07. The first kappa shape index (κ1) is 16.9. The minimum atomic E-state index is -0.881. The summed E-state index contributed by atoms with van der Waals surface area (Å²) >= 11 is 0. The summed E-state index contributed by atoms with van der Waals surface area (Å²) in [6.45, 7) is 4.35. The van der Waals surface area contributed by atoms with Crippen LogP contribution in [0.1, 0.15) is 20.3 Å². The highest BCUT2D eigenvalue weighted by Gasteiger charge is 2.32. The molecule has 1 unspecified atom stereocenters. The highest BCUT2D eigenvalue weighted by atomic mass is 16.5. The maximum absolute atomic E-state index is 9.85. The van der Waals surface area contributed by atoms with E-state index < -0.39 is 18.3 Å². The molecule has 0 amide bonds. The molecule has 0 heterocycles. The number of aliphatic hydroxyl groups is 2. The van der Waals surface area contributed by atoms with Gasteiger partial charge in [0.15, 0.2) is 0 Å². The zero-order valence-corrected chi connectivity index (χ0v) is 12.5. The van der Waals surface area contributed by atoms with Crippen molar-refractivity contribution in [3.8, 4) is 0 Å². The summed E-state index contributed by atoms with van der Waals surface area (Å²) in [5, 5.41) is 19.4. The molecule has 0 aromatic heterocycles. The summed E-state index contributed by atoms with van der Waals surface area (Å²) in [5.41, 5.74) is 0. The van der Waals surface area contributed by atoms with Crippen LogP contribution in [0.15, 0.2) is 48.6 Å². The molecule has 20 heavy (non-hydrogen) atoms. The molecule has 0 radical (unpaired) electrons. The van der Waals surface area contributed by atoms with Crippen LogP contribution in [0.2, 0.25) is 0 Å². The predicted octanol–water partition coefficient (Wildman–Crippen LogP) is 2.62. The SMILES string of the molecule is CCC(C)/C=C/C=C/C=C/[C@@H]1C=C[C@@H](O)[C@H](O)[C@H]1OC. The molecule has 1 aliphatic carbocycles. The summed E-state index contributed by atoms with van der Waals surface area (Å²) in [4.78, 5) is 0. The van der Waals surface area contributed by atoms with E-state index in [1.807, 2.05) is 36.5 Å². The van der Waals surface area contributed by atoms with Gasteiger partial charge >= 0.3 is 0 Å². The molecule has 3 nitrogen and oxygen atoms in total. The second-order valence-corrected chi connectivity index (χ2v) is 5.18. The largest absolute Gasteiger partial charge is 0.387 e. The highest BCUT2D eigenvalue weighted by molar-refractivity contribution is 5.18. The smallest absolute Gasteiger partial charge is 0.110 e. The Labute approximate surface area is 122 Å². The van der Waals surface area contributed by atoms with Gasteiger partial charge in [-0.25, -0.2) is 0 Å². The lowest BCUT2D eigenvalue weighted by atomic mass is 9.88. The van der Waals surface area contributed by atoms with Crippen LogP contribution in [-0.4, -0.2) is 35.6 Å². The van der Waals surface area contributed by atoms with Gasteiger partial charge < -0.3 is 14.9 Å². The van der Waals surface area contributed by atoms with E-state index in [0.717, 1.165) is 6.42 Å². The molecule has 1 rings (SSSR count). The molecule has 0 saturated carbocycles. The van der Waals surface area contributed by atoms with Crippen LogP contribution in [0.3, 0.4) is 0 Å². The first-order valence-electron chi connectivity index (χ1n) is 7.19. The van der Waals surface area contributed by atoms with E-state index in [0.29, 0.717) is 5.92 Å². The van der Waals surface area contributed by atoms with Gasteiger partial charge in [0.1, 0.15) is 12.2 Å². The van der Waals surface area contributed by atoms with Gasteiger partial charge in [0.05, 0.1) is 6.10 Å². The Kier molecular flexibility index (Phi) is 7.52. The predicted molar refractivity (Wildman–Crippen MR) is 82.3 cm³/mol. The van der Waals surface area contributed by atoms with Gasteiger partial charge in [-0.3, -0.25) is 0 Å². The van der Waals surface area contributed by atoms with Crippen molar-refractivity contribution < 1.29 is 14.9 Å². The zero-order chi connectivity index (χ0) is 15.0. The Hall–Kier alpha value is -1.16. The molecule has 3 heteroatoms.